The first-order valence-electron chi connectivity index (χ1n) is 14.1. The van der Waals surface area contributed by atoms with E-state index in [0.717, 1.165) is 0 Å². The largest absolute Gasteiger partial charge is 0.478 e. The maximum absolute atomic E-state index is 13.8. The number of halogens is 2. The van der Waals surface area contributed by atoms with E-state index in [2.05, 4.69) is 31.9 Å². The Hall–Kier alpha value is -5.32. The van der Waals surface area contributed by atoms with E-state index in [1.807, 2.05) is 0 Å². The van der Waals surface area contributed by atoms with E-state index < -0.39 is 27.3 Å². The first kappa shape index (κ1) is 31.7. The van der Waals surface area contributed by atoms with Crippen molar-refractivity contribution >= 4 is 60.7 Å². The van der Waals surface area contributed by atoms with Crippen LogP contribution in [0.4, 0.5) is 0 Å². The van der Waals surface area contributed by atoms with Crippen LogP contribution in [0.3, 0.4) is 0 Å². The maximum Gasteiger partial charge on any atom is 0.344 e. The number of rotatable bonds is 8. The highest BCUT2D eigenvalue weighted by Gasteiger charge is 2.26. The molecule has 232 valence electrons. The molecule has 47 heavy (non-hydrogen) atoms. The minimum absolute atomic E-state index is 0.0125. The average molecular weight is 754 g/mol. The molecule has 1 N–H and O–H groups in total. The van der Waals surface area contributed by atoms with Gasteiger partial charge in [-0.1, -0.05) is 92.5 Å². The van der Waals surface area contributed by atoms with Gasteiger partial charge in [0.25, 0.3) is 0 Å². The van der Waals surface area contributed by atoms with E-state index in [9.17, 15) is 24.3 Å². The van der Waals surface area contributed by atoms with Gasteiger partial charge in [-0.3, -0.25) is 0 Å². The highest BCUT2D eigenvalue weighted by Crippen LogP contribution is 2.44. The Morgan fingerprint density at radius 2 is 1.30 bits per heavy atom. The number of hydrogen-bond donors (Lipinski definition) is 1. The van der Waals surface area contributed by atoms with Crippen LogP contribution in [0.15, 0.2) is 131 Å². The molecule has 0 saturated carbocycles. The van der Waals surface area contributed by atoms with Crippen LogP contribution in [0, 0.1) is 0 Å². The van der Waals surface area contributed by atoms with Gasteiger partial charge in [0.05, 0.1) is 26.0 Å². The quantitative estimate of drug-likeness (QED) is 0.0708. The van der Waals surface area contributed by atoms with E-state index in [-0.39, 0.29) is 39.3 Å². The van der Waals surface area contributed by atoms with Crippen molar-refractivity contribution in [3.05, 3.63) is 154 Å². The number of alkyl halides is 2. The van der Waals surface area contributed by atoms with Gasteiger partial charge in [0, 0.05) is 22.6 Å². The van der Waals surface area contributed by atoms with Gasteiger partial charge >= 0.3 is 23.5 Å². The number of carboxylic acid groups (broad SMARTS) is 1. The fourth-order valence-corrected chi connectivity index (χ4v) is 6.08. The van der Waals surface area contributed by atoms with Crippen molar-refractivity contribution in [2.75, 3.05) is 0 Å². The van der Waals surface area contributed by atoms with E-state index >= 15 is 0 Å². The van der Waals surface area contributed by atoms with Crippen molar-refractivity contribution in [3.8, 4) is 33.8 Å². The Bertz CT molecular complexity index is 2210. The highest BCUT2D eigenvalue weighted by atomic mass is 79.9. The molecule has 5 aromatic carbocycles. The zero-order chi connectivity index (χ0) is 33.1. The number of benzene rings is 5. The van der Waals surface area contributed by atoms with Crippen molar-refractivity contribution in [3.63, 3.8) is 0 Å². The summed E-state index contributed by atoms with van der Waals surface area (Å²) in [6.07, 6.45) is 0. The maximum atomic E-state index is 13.8. The Morgan fingerprint density at radius 3 is 1.94 bits per heavy atom. The molecule has 0 spiro atoms. The molecule has 0 aliphatic heterocycles. The first-order valence-corrected chi connectivity index (χ1v) is 15.9. The summed E-state index contributed by atoms with van der Waals surface area (Å²) in [6, 6.07) is 32.7. The molecule has 0 atom stereocenters. The van der Waals surface area contributed by atoms with E-state index in [0.29, 0.717) is 27.6 Å². The molecular formula is C37H22Br2O8. The second kappa shape index (κ2) is 13.6. The van der Waals surface area contributed by atoms with E-state index in [1.165, 1.54) is 18.2 Å². The molecule has 6 rings (SSSR count). The Labute approximate surface area is 284 Å². The molecule has 0 unspecified atom stereocenters. The predicted molar refractivity (Wildman–Crippen MR) is 184 cm³/mol. The van der Waals surface area contributed by atoms with Crippen LogP contribution in [-0.4, -0.2) is 23.0 Å². The van der Waals surface area contributed by atoms with Crippen LogP contribution in [0.5, 0.6) is 11.5 Å². The van der Waals surface area contributed by atoms with Gasteiger partial charge < -0.3 is 19.0 Å². The molecule has 1 aromatic heterocycles. The van der Waals surface area contributed by atoms with Crippen molar-refractivity contribution in [2.45, 2.75) is 3.74 Å². The summed E-state index contributed by atoms with van der Waals surface area (Å²) in [7, 11) is 0. The summed E-state index contributed by atoms with van der Waals surface area (Å²) in [5, 5.41) is 10.3. The van der Waals surface area contributed by atoms with Crippen LogP contribution >= 0.6 is 31.9 Å². The lowest BCUT2D eigenvalue weighted by Crippen LogP contribution is -2.13. The van der Waals surface area contributed by atoms with Gasteiger partial charge in [-0.15, -0.1) is 0 Å². The molecule has 0 aliphatic carbocycles. The van der Waals surface area contributed by atoms with Crippen molar-refractivity contribution in [1.82, 2.24) is 0 Å². The summed E-state index contributed by atoms with van der Waals surface area (Å²) >= 11 is 7.08. The molecule has 8 nitrogen and oxygen atoms in total. The Kier molecular flexibility index (Phi) is 9.15. The Morgan fingerprint density at radius 1 is 0.681 bits per heavy atom. The van der Waals surface area contributed by atoms with Crippen molar-refractivity contribution < 1.29 is 33.4 Å². The van der Waals surface area contributed by atoms with E-state index in [1.54, 1.807) is 103 Å². The van der Waals surface area contributed by atoms with Crippen LogP contribution in [0.25, 0.3) is 33.2 Å². The van der Waals surface area contributed by atoms with Crippen LogP contribution in [0.1, 0.15) is 40.4 Å². The van der Waals surface area contributed by atoms with Crippen molar-refractivity contribution in [2.24, 2.45) is 0 Å². The standard InChI is InChI=1S/C37H22Br2O8/c38-33(39)31-27-18-16-24(45-35(42)21-9-3-1-4-10-21)20-30(27)47-37(44)32(31)28-17-15-23(25-13-7-8-14-26(25)34(40)41)19-29(28)46-36(43)22-11-5-2-6-12-22/h1-20,33H,(H,40,41). The number of ether oxygens (including phenoxy) is 2. The zero-order valence-corrected chi connectivity index (χ0v) is 27.4. The second-order valence-corrected chi connectivity index (χ2v) is 13.3. The number of fused-ring (bicyclic) bond motifs is 1. The lowest BCUT2D eigenvalue weighted by Gasteiger charge is -2.17. The van der Waals surface area contributed by atoms with Gasteiger partial charge in [0.2, 0.25) is 0 Å². The smallest absolute Gasteiger partial charge is 0.344 e. The minimum Gasteiger partial charge on any atom is -0.478 e. The van der Waals surface area contributed by atoms with Gasteiger partial charge in [-0.25, -0.2) is 19.2 Å². The fraction of sp³-hybridized carbons (Fsp3) is 0.0270. The summed E-state index contributed by atoms with van der Waals surface area (Å²) in [5.74, 6) is -2.19. The van der Waals surface area contributed by atoms with E-state index in [4.69, 9.17) is 13.9 Å². The van der Waals surface area contributed by atoms with Gasteiger partial charge in [-0.05, 0) is 65.7 Å². The summed E-state index contributed by atoms with van der Waals surface area (Å²) in [4.78, 5) is 51.7. The van der Waals surface area contributed by atoms with Crippen LogP contribution < -0.4 is 15.1 Å². The molecule has 0 radical (unpaired) electrons. The highest BCUT2D eigenvalue weighted by molar-refractivity contribution is 9.24. The molecule has 0 amide bonds. The van der Waals surface area contributed by atoms with Gasteiger partial charge in [-0.2, -0.15) is 0 Å². The number of carboxylic acids is 1. The molecule has 10 heteroatoms. The number of carbonyl (C=O) groups is 3. The number of esters is 2. The number of hydrogen-bond acceptors (Lipinski definition) is 7. The molecule has 0 bridgehead atoms. The minimum atomic E-state index is -1.12. The topological polar surface area (TPSA) is 120 Å². The Balaban J connectivity index is 1.50. The summed E-state index contributed by atoms with van der Waals surface area (Å²) in [5.41, 5.74) is 1.74. The van der Waals surface area contributed by atoms with Gasteiger partial charge in [0.15, 0.2) is 0 Å². The predicted octanol–water partition coefficient (Wildman–Crippen LogP) is 9.05. The van der Waals surface area contributed by atoms with Crippen molar-refractivity contribution in [1.29, 1.82) is 0 Å². The molecule has 0 saturated heterocycles. The third-order valence-corrected chi connectivity index (χ3v) is 8.20. The number of aromatic carboxylic acids is 1. The molecular weight excluding hydrogens is 732 g/mol. The van der Waals surface area contributed by atoms with Crippen LogP contribution in [-0.2, 0) is 0 Å². The van der Waals surface area contributed by atoms with Gasteiger partial charge in [0.1, 0.15) is 17.1 Å². The third kappa shape index (κ3) is 6.65. The number of carbonyl (C=O) groups excluding carboxylic acids is 2. The normalized spacial score (nSPS) is 11.0. The first-order chi connectivity index (χ1) is 22.7. The molecule has 0 aliphatic rings. The lowest BCUT2D eigenvalue weighted by atomic mass is 9.94. The SMILES string of the molecule is O=C(Oc1ccc2c(C(Br)Br)c(-c3ccc(-c4ccccc4C(=O)O)cc3OC(=O)c3ccccc3)c(=O)oc2c1)c1ccccc1. The zero-order valence-electron chi connectivity index (χ0n) is 24.2. The second-order valence-electron chi connectivity index (χ2n) is 10.2. The monoisotopic (exact) mass is 752 g/mol. The average Bonchev–Trinajstić information content (AvgIpc) is 3.08. The lowest BCUT2D eigenvalue weighted by molar-refractivity contribution is 0.0693. The summed E-state index contributed by atoms with van der Waals surface area (Å²) in [6.45, 7) is 0. The third-order valence-electron chi connectivity index (χ3n) is 7.29. The molecule has 0 fully saturated rings. The fourth-order valence-electron chi connectivity index (χ4n) is 5.13. The molecule has 6 aromatic rings. The molecule has 1 heterocycles. The van der Waals surface area contributed by atoms with Crippen LogP contribution in [0.2, 0.25) is 0 Å². The summed E-state index contributed by atoms with van der Waals surface area (Å²) < 4.78 is 16.6.